The maximum atomic E-state index is 13.6. The highest BCUT2D eigenvalue weighted by atomic mass is 32.2. The first-order valence-electron chi connectivity index (χ1n) is 11.4. The lowest BCUT2D eigenvalue weighted by Gasteiger charge is -2.25. The van der Waals surface area contributed by atoms with Crippen LogP contribution in [0.4, 0.5) is 5.69 Å². The number of hydrogen-bond acceptors (Lipinski definition) is 8. The highest BCUT2D eigenvalue weighted by Crippen LogP contribution is 2.35. The van der Waals surface area contributed by atoms with Gasteiger partial charge in [-0.15, -0.1) is 0 Å². The van der Waals surface area contributed by atoms with E-state index in [1.54, 1.807) is 55.5 Å². The fourth-order valence-electron chi connectivity index (χ4n) is 3.66. The first-order chi connectivity index (χ1) is 17.8. The summed E-state index contributed by atoms with van der Waals surface area (Å²) in [5.41, 5.74) is 3.85. The summed E-state index contributed by atoms with van der Waals surface area (Å²) in [5.74, 6) is 1.29. The van der Waals surface area contributed by atoms with Crippen LogP contribution in [0, 0.1) is 0 Å². The normalized spacial score (nSPS) is 13.0. The predicted octanol–water partition coefficient (Wildman–Crippen LogP) is 3.21. The van der Waals surface area contributed by atoms with Gasteiger partial charge in [0.05, 0.1) is 30.5 Å². The first kappa shape index (κ1) is 25.8. The third-order valence-electron chi connectivity index (χ3n) is 5.58. The molecule has 10 nitrogen and oxygen atoms in total. The van der Waals surface area contributed by atoms with Crippen LogP contribution in [0.2, 0.25) is 0 Å². The largest absolute Gasteiger partial charge is 0.497 e. The number of hydrogen-bond donors (Lipinski definition) is 1. The van der Waals surface area contributed by atoms with Crippen molar-refractivity contribution in [2.24, 2.45) is 5.10 Å². The van der Waals surface area contributed by atoms with Crippen molar-refractivity contribution in [2.45, 2.75) is 11.8 Å². The summed E-state index contributed by atoms with van der Waals surface area (Å²) in [6.45, 7) is 2.11. The summed E-state index contributed by atoms with van der Waals surface area (Å²) >= 11 is 0. The number of anilines is 1. The molecule has 0 radical (unpaired) electrons. The molecule has 0 fully saturated rings. The van der Waals surface area contributed by atoms with E-state index in [4.69, 9.17) is 18.9 Å². The number of amides is 1. The molecule has 1 heterocycles. The number of carbonyl (C=O) groups is 1. The maximum Gasteiger partial charge on any atom is 0.264 e. The van der Waals surface area contributed by atoms with Gasteiger partial charge in [-0.05, 0) is 49.4 Å². The fraction of sp³-hybridized carbons (Fsp3) is 0.231. The number of methoxy groups -OCH3 is 2. The zero-order valence-electron chi connectivity index (χ0n) is 20.6. The average molecular weight is 526 g/mol. The lowest BCUT2D eigenvalue weighted by Crippen LogP contribution is -2.40. The molecule has 0 saturated carbocycles. The fourth-order valence-corrected chi connectivity index (χ4v) is 5.11. The van der Waals surface area contributed by atoms with Crippen molar-refractivity contribution in [3.8, 4) is 23.0 Å². The van der Waals surface area contributed by atoms with Crippen molar-refractivity contribution < 1.29 is 32.2 Å². The topological polar surface area (TPSA) is 116 Å². The van der Waals surface area contributed by atoms with E-state index in [9.17, 15) is 13.2 Å². The van der Waals surface area contributed by atoms with Gasteiger partial charge in [0.15, 0.2) is 11.5 Å². The molecule has 1 amide bonds. The third-order valence-corrected chi connectivity index (χ3v) is 7.36. The Hall–Kier alpha value is -4.25. The minimum atomic E-state index is -4.13. The number of sulfonamides is 1. The molecule has 0 saturated heterocycles. The summed E-state index contributed by atoms with van der Waals surface area (Å²) in [6, 6.07) is 17.8. The molecule has 0 aliphatic carbocycles. The Morgan fingerprint density at radius 2 is 1.70 bits per heavy atom. The molecule has 0 bridgehead atoms. The second-order valence-electron chi connectivity index (χ2n) is 7.95. The monoisotopic (exact) mass is 525 g/mol. The Kier molecular flexibility index (Phi) is 7.83. The Morgan fingerprint density at radius 3 is 2.41 bits per heavy atom. The van der Waals surface area contributed by atoms with Gasteiger partial charge in [-0.3, -0.25) is 9.10 Å². The molecule has 11 heteroatoms. The molecule has 194 valence electrons. The average Bonchev–Trinajstić information content (AvgIpc) is 2.94. The van der Waals surface area contributed by atoms with E-state index in [0.29, 0.717) is 36.2 Å². The van der Waals surface area contributed by atoms with Crippen LogP contribution in [-0.2, 0) is 14.8 Å². The van der Waals surface area contributed by atoms with Crippen LogP contribution >= 0.6 is 0 Å². The molecule has 0 spiro atoms. The number of rotatable bonds is 9. The molecule has 0 aromatic heterocycles. The van der Waals surface area contributed by atoms with E-state index in [-0.39, 0.29) is 16.3 Å². The van der Waals surface area contributed by atoms with Crippen molar-refractivity contribution in [1.29, 1.82) is 0 Å². The minimum Gasteiger partial charge on any atom is -0.497 e. The Bertz CT molecular complexity index is 1410. The van der Waals surface area contributed by atoms with E-state index >= 15 is 0 Å². The van der Waals surface area contributed by atoms with Gasteiger partial charge in [0.2, 0.25) is 0 Å². The predicted molar refractivity (Wildman–Crippen MR) is 138 cm³/mol. The number of nitrogens with one attached hydrogen (secondary N) is 1. The molecule has 37 heavy (non-hydrogen) atoms. The van der Waals surface area contributed by atoms with Gasteiger partial charge in [-0.2, -0.15) is 5.10 Å². The number of hydrazone groups is 1. The number of fused-ring (bicyclic) bond motifs is 1. The van der Waals surface area contributed by atoms with Crippen molar-refractivity contribution in [3.05, 3.63) is 72.3 Å². The quantitative estimate of drug-likeness (QED) is 0.337. The van der Waals surface area contributed by atoms with Crippen LogP contribution in [0.1, 0.15) is 12.5 Å². The summed E-state index contributed by atoms with van der Waals surface area (Å²) in [5, 5.41) is 4.16. The molecule has 3 aromatic rings. The van der Waals surface area contributed by atoms with Crippen LogP contribution in [0.15, 0.2) is 76.7 Å². The van der Waals surface area contributed by atoms with Crippen LogP contribution in [0.5, 0.6) is 23.0 Å². The number of ether oxygens (including phenoxy) is 4. The molecule has 1 aliphatic rings. The molecule has 0 unspecified atom stereocenters. The van der Waals surface area contributed by atoms with E-state index in [1.807, 2.05) is 0 Å². The van der Waals surface area contributed by atoms with E-state index in [2.05, 4.69) is 10.5 Å². The van der Waals surface area contributed by atoms with Crippen molar-refractivity contribution in [3.63, 3.8) is 0 Å². The molecule has 1 aliphatic heterocycles. The second-order valence-corrected chi connectivity index (χ2v) is 9.82. The lowest BCUT2D eigenvalue weighted by atomic mass is 10.1. The second kappa shape index (κ2) is 11.2. The summed E-state index contributed by atoms with van der Waals surface area (Å²) in [6.07, 6.45) is 0. The molecular weight excluding hydrogens is 498 g/mol. The first-order valence-corrected chi connectivity index (χ1v) is 12.8. The van der Waals surface area contributed by atoms with Gasteiger partial charge in [0, 0.05) is 11.6 Å². The molecular formula is C26H27N3O7S. The van der Waals surface area contributed by atoms with Crippen molar-refractivity contribution in [1.82, 2.24) is 5.43 Å². The number of benzene rings is 3. The zero-order valence-corrected chi connectivity index (χ0v) is 21.4. The molecule has 4 rings (SSSR count). The maximum absolute atomic E-state index is 13.6. The lowest BCUT2D eigenvalue weighted by molar-refractivity contribution is -0.119. The van der Waals surface area contributed by atoms with Gasteiger partial charge < -0.3 is 18.9 Å². The minimum absolute atomic E-state index is 0.0247. The zero-order chi connectivity index (χ0) is 26.4. The van der Waals surface area contributed by atoms with Crippen LogP contribution in [-0.4, -0.2) is 54.0 Å². The van der Waals surface area contributed by atoms with Crippen LogP contribution in [0.3, 0.4) is 0 Å². The Labute approximate surface area is 215 Å². The van der Waals surface area contributed by atoms with Gasteiger partial charge in [0.25, 0.3) is 15.9 Å². The summed E-state index contributed by atoms with van der Waals surface area (Å²) < 4.78 is 49.9. The van der Waals surface area contributed by atoms with Crippen molar-refractivity contribution in [2.75, 3.05) is 38.3 Å². The van der Waals surface area contributed by atoms with Gasteiger partial charge in [-0.1, -0.05) is 18.2 Å². The van der Waals surface area contributed by atoms with Crippen LogP contribution < -0.4 is 28.7 Å². The molecule has 3 aromatic carbocycles. The number of carbonyl (C=O) groups excluding carboxylic acids is 1. The third kappa shape index (κ3) is 5.78. The van der Waals surface area contributed by atoms with Gasteiger partial charge in [0.1, 0.15) is 31.3 Å². The molecule has 1 N–H and O–H groups in total. The van der Waals surface area contributed by atoms with Crippen molar-refractivity contribution >= 4 is 27.3 Å². The highest BCUT2D eigenvalue weighted by Gasteiger charge is 2.29. The van der Waals surface area contributed by atoms with Gasteiger partial charge >= 0.3 is 0 Å². The van der Waals surface area contributed by atoms with E-state index in [0.717, 1.165) is 9.87 Å². The standard InChI is InChI=1S/C26H27N3O7S/c1-18(19-9-12-23-25(15-19)36-14-13-35-23)27-28-26(30)17-29(37(31,32)21-7-5-4-6-8-21)22-11-10-20(33-2)16-24(22)34-3/h4-12,15-16H,13-14,17H2,1-3H3,(H,28,30)/b27-18+. The van der Waals surface area contributed by atoms with E-state index in [1.165, 1.54) is 32.4 Å². The van der Waals surface area contributed by atoms with Gasteiger partial charge in [-0.25, -0.2) is 13.8 Å². The highest BCUT2D eigenvalue weighted by molar-refractivity contribution is 7.92. The summed E-state index contributed by atoms with van der Waals surface area (Å²) in [7, 11) is -1.23. The SMILES string of the molecule is COc1ccc(N(CC(=O)N/N=C(\C)c2ccc3c(c2)OCCO3)S(=O)(=O)c2ccccc2)c(OC)c1. The Morgan fingerprint density at radius 1 is 0.973 bits per heavy atom. The van der Waals surface area contributed by atoms with Crippen LogP contribution in [0.25, 0.3) is 0 Å². The number of nitrogens with zero attached hydrogens (tertiary/aromatic N) is 2. The summed E-state index contributed by atoms with van der Waals surface area (Å²) in [4.78, 5) is 13.0. The Balaban J connectivity index is 1.61. The van der Waals surface area contributed by atoms with E-state index < -0.39 is 22.5 Å². The molecule has 0 atom stereocenters. The smallest absolute Gasteiger partial charge is 0.264 e.